The fourth-order valence-corrected chi connectivity index (χ4v) is 5.24. The average Bonchev–Trinajstić information content (AvgIpc) is 3.22. The number of nitrogens with one attached hydrogen (secondary N) is 1. The molecule has 0 atom stereocenters. The predicted molar refractivity (Wildman–Crippen MR) is 152 cm³/mol. The predicted octanol–water partition coefficient (Wildman–Crippen LogP) is 5.62. The van der Waals surface area contributed by atoms with E-state index in [1.807, 2.05) is 37.3 Å². The van der Waals surface area contributed by atoms with Crippen LogP contribution in [0.1, 0.15) is 32.7 Å². The molecule has 1 aliphatic rings. The molecule has 8 heteroatoms. The molecule has 1 aliphatic heterocycles. The van der Waals surface area contributed by atoms with Crippen LogP contribution in [0.15, 0.2) is 60.7 Å². The number of benzene rings is 3. The molecule has 0 spiro atoms. The second-order valence-electron chi connectivity index (χ2n) is 9.34. The molecule has 200 valence electrons. The summed E-state index contributed by atoms with van der Waals surface area (Å²) < 4.78 is 18.0. The van der Waals surface area contributed by atoms with Crippen molar-refractivity contribution >= 4 is 39.9 Å². The van der Waals surface area contributed by atoms with Gasteiger partial charge in [-0.25, -0.2) is 0 Å². The summed E-state index contributed by atoms with van der Waals surface area (Å²) in [5.41, 5.74) is 5.41. The van der Waals surface area contributed by atoms with Crippen molar-refractivity contribution in [2.45, 2.75) is 19.8 Å². The standard InChI is InChI=1S/C31H29ClN2O5/c1-18-24(14-22(35)15-27-25-17-30(39-4)29(38-3)13-20(25)11-12-33-27)26-16-23(37-2)9-10-28(26)34(18)31(36)19-5-7-21(32)8-6-19/h5-10,13,15-17,33H,11-12,14H2,1-4H3. The van der Waals surface area contributed by atoms with Crippen molar-refractivity contribution in [3.8, 4) is 17.2 Å². The quantitative estimate of drug-likeness (QED) is 0.304. The van der Waals surface area contributed by atoms with Crippen LogP contribution >= 0.6 is 11.6 Å². The molecule has 4 aromatic rings. The lowest BCUT2D eigenvalue weighted by Gasteiger charge is -2.23. The van der Waals surface area contributed by atoms with E-state index in [2.05, 4.69) is 5.32 Å². The molecule has 3 aromatic carbocycles. The highest BCUT2D eigenvalue weighted by molar-refractivity contribution is 6.30. The zero-order chi connectivity index (χ0) is 27.7. The van der Waals surface area contributed by atoms with E-state index in [9.17, 15) is 9.59 Å². The number of ether oxygens (including phenoxy) is 3. The van der Waals surface area contributed by atoms with Gasteiger partial charge in [-0.2, -0.15) is 0 Å². The number of ketones is 1. The Bertz CT molecular complexity index is 1620. The molecule has 0 bridgehead atoms. The third-order valence-corrected chi connectivity index (χ3v) is 7.35. The zero-order valence-electron chi connectivity index (χ0n) is 22.3. The van der Waals surface area contributed by atoms with Crippen molar-refractivity contribution in [2.75, 3.05) is 27.9 Å². The van der Waals surface area contributed by atoms with Gasteiger partial charge < -0.3 is 19.5 Å². The highest BCUT2D eigenvalue weighted by Gasteiger charge is 2.23. The topological polar surface area (TPSA) is 78.8 Å². The molecule has 2 heterocycles. The van der Waals surface area contributed by atoms with Crippen LogP contribution < -0.4 is 19.5 Å². The molecule has 0 radical (unpaired) electrons. The summed E-state index contributed by atoms with van der Waals surface area (Å²) in [7, 11) is 4.79. The Labute approximate surface area is 231 Å². The monoisotopic (exact) mass is 544 g/mol. The van der Waals surface area contributed by atoms with Gasteiger partial charge in [0.1, 0.15) is 5.75 Å². The zero-order valence-corrected chi connectivity index (χ0v) is 23.0. The number of methoxy groups -OCH3 is 3. The van der Waals surface area contributed by atoms with Gasteiger partial charge in [0, 0.05) is 52.0 Å². The number of allylic oxidation sites excluding steroid dienone is 1. The van der Waals surface area contributed by atoms with Crippen molar-refractivity contribution in [2.24, 2.45) is 0 Å². The second-order valence-corrected chi connectivity index (χ2v) is 9.77. The lowest BCUT2D eigenvalue weighted by Crippen LogP contribution is -2.24. The first kappa shape index (κ1) is 26.4. The Balaban J connectivity index is 1.55. The van der Waals surface area contributed by atoms with Crippen LogP contribution in [0, 0.1) is 6.92 Å². The fraction of sp³-hybridized carbons (Fsp3) is 0.226. The third-order valence-electron chi connectivity index (χ3n) is 7.10. The molecule has 0 unspecified atom stereocenters. The number of carbonyl (C=O) groups is 2. The van der Waals surface area contributed by atoms with Gasteiger partial charge >= 0.3 is 0 Å². The maximum Gasteiger partial charge on any atom is 0.262 e. The van der Waals surface area contributed by atoms with E-state index in [-0.39, 0.29) is 18.1 Å². The van der Waals surface area contributed by atoms with Crippen molar-refractivity contribution in [3.05, 3.63) is 93.6 Å². The summed E-state index contributed by atoms with van der Waals surface area (Å²) >= 11 is 6.03. The van der Waals surface area contributed by atoms with Gasteiger partial charge in [0.2, 0.25) is 0 Å². The smallest absolute Gasteiger partial charge is 0.262 e. The number of hydrogen-bond donors (Lipinski definition) is 1. The largest absolute Gasteiger partial charge is 0.497 e. The molecule has 39 heavy (non-hydrogen) atoms. The van der Waals surface area contributed by atoms with Crippen molar-refractivity contribution in [1.82, 2.24) is 9.88 Å². The lowest BCUT2D eigenvalue weighted by molar-refractivity contribution is -0.114. The highest BCUT2D eigenvalue weighted by Crippen LogP contribution is 2.35. The summed E-state index contributed by atoms with van der Waals surface area (Å²) in [5, 5.41) is 4.70. The number of hydrogen-bond acceptors (Lipinski definition) is 6. The molecule has 0 amide bonds. The minimum absolute atomic E-state index is 0.0935. The SMILES string of the molecule is COc1ccc2c(c1)c(CC(=O)C=C1NCCc3cc(OC)c(OC)cc31)c(C)n2C(=O)c1ccc(Cl)cc1. The van der Waals surface area contributed by atoms with Crippen LogP contribution in [0.25, 0.3) is 16.6 Å². The first-order valence-electron chi connectivity index (χ1n) is 12.6. The van der Waals surface area contributed by atoms with Gasteiger partial charge in [0.15, 0.2) is 17.3 Å². The number of carbonyl (C=O) groups excluding carboxylic acids is 2. The normalized spacial score (nSPS) is 13.6. The fourth-order valence-electron chi connectivity index (χ4n) is 5.12. The number of rotatable bonds is 7. The number of aromatic nitrogens is 1. The van der Waals surface area contributed by atoms with E-state index < -0.39 is 0 Å². The minimum Gasteiger partial charge on any atom is -0.497 e. The van der Waals surface area contributed by atoms with E-state index in [0.29, 0.717) is 45.6 Å². The number of halogens is 1. The summed E-state index contributed by atoms with van der Waals surface area (Å²) in [6.07, 6.45) is 2.55. The molecular weight excluding hydrogens is 516 g/mol. The summed E-state index contributed by atoms with van der Waals surface area (Å²) in [6.45, 7) is 2.56. The third kappa shape index (κ3) is 4.98. The molecule has 7 nitrogen and oxygen atoms in total. The van der Waals surface area contributed by atoms with Gasteiger partial charge in [-0.15, -0.1) is 0 Å². The van der Waals surface area contributed by atoms with E-state index in [0.717, 1.165) is 34.2 Å². The van der Waals surface area contributed by atoms with Crippen LogP contribution in [0.3, 0.4) is 0 Å². The van der Waals surface area contributed by atoms with E-state index >= 15 is 0 Å². The first-order valence-corrected chi connectivity index (χ1v) is 12.9. The highest BCUT2D eigenvalue weighted by atomic mass is 35.5. The second kappa shape index (κ2) is 10.9. The van der Waals surface area contributed by atoms with Gasteiger partial charge in [-0.05, 0) is 79.1 Å². The Morgan fingerprint density at radius 2 is 1.69 bits per heavy atom. The molecule has 1 aromatic heterocycles. The van der Waals surface area contributed by atoms with Crippen LogP contribution in [0.4, 0.5) is 0 Å². The minimum atomic E-state index is -0.194. The van der Waals surface area contributed by atoms with Crippen molar-refractivity contribution < 1.29 is 23.8 Å². The lowest BCUT2D eigenvalue weighted by atomic mass is 9.95. The Morgan fingerprint density at radius 1 is 0.974 bits per heavy atom. The molecule has 1 N–H and O–H groups in total. The summed E-state index contributed by atoms with van der Waals surface area (Å²) in [6, 6.07) is 16.2. The van der Waals surface area contributed by atoms with Gasteiger partial charge in [0.05, 0.1) is 26.8 Å². The maximum absolute atomic E-state index is 13.6. The molecular formula is C31H29ClN2O5. The summed E-state index contributed by atoms with van der Waals surface area (Å²) in [5.74, 6) is 1.62. The van der Waals surface area contributed by atoms with Crippen LogP contribution in [0.5, 0.6) is 17.2 Å². The van der Waals surface area contributed by atoms with Crippen molar-refractivity contribution in [3.63, 3.8) is 0 Å². The van der Waals surface area contributed by atoms with Gasteiger partial charge in [0.25, 0.3) is 5.91 Å². The maximum atomic E-state index is 13.6. The van der Waals surface area contributed by atoms with E-state index in [1.165, 1.54) is 0 Å². The molecule has 5 rings (SSSR count). The Kier molecular flexibility index (Phi) is 7.35. The van der Waals surface area contributed by atoms with E-state index in [4.69, 9.17) is 25.8 Å². The van der Waals surface area contributed by atoms with E-state index in [1.54, 1.807) is 56.2 Å². The van der Waals surface area contributed by atoms with Crippen LogP contribution in [-0.2, 0) is 17.6 Å². The van der Waals surface area contributed by atoms with Gasteiger partial charge in [-0.3, -0.25) is 14.2 Å². The molecule has 0 fully saturated rings. The average molecular weight is 545 g/mol. The molecule has 0 aliphatic carbocycles. The first-order chi connectivity index (χ1) is 18.8. The van der Waals surface area contributed by atoms with Gasteiger partial charge in [-0.1, -0.05) is 11.6 Å². The van der Waals surface area contributed by atoms with Crippen LogP contribution in [0.2, 0.25) is 5.02 Å². The Morgan fingerprint density at radius 3 is 2.38 bits per heavy atom. The number of fused-ring (bicyclic) bond motifs is 2. The Hall–Kier alpha value is -4.23. The molecule has 0 saturated carbocycles. The number of nitrogens with zero attached hydrogens (tertiary/aromatic N) is 1. The van der Waals surface area contributed by atoms with Crippen LogP contribution in [-0.4, -0.2) is 44.1 Å². The summed E-state index contributed by atoms with van der Waals surface area (Å²) in [4.78, 5) is 27.1. The molecule has 0 saturated heterocycles. The van der Waals surface area contributed by atoms with Crippen molar-refractivity contribution in [1.29, 1.82) is 0 Å².